The van der Waals surface area contributed by atoms with E-state index in [0.29, 0.717) is 17.1 Å². The van der Waals surface area contributed by atoms with E-state index in [1.807, 2.05) is 24.3 Å². The number of carbonyl (C=O) groups is 1. The van der Waals surface area contributed by atoms with Gasteiger partial charge in [0.05, 0.1) is 5.56 Å². The van der Waals surface area contributed by atoms with Crippen molar-refractivity contribution < 1.29 is 4.79 Å². The third-order valence-corrected chi connectivity index (χ3v) is 2.92. The lowest BCUT2D eigenvalue weighted by Gasteiger charge is -2.06. The highest BCUT2D eigenvalue weighted by molar-refractivity contribution is 6.04. The van der Waals surface area contributed by atoms with E-state index in [-0.39, 0.29) is 5.91 Å². The van der Waals surface area contributed by atoms with Crippen molar-refractivity contribution in [1.29, 1.82) is 0 Å². The Morgan fingerprint density at radius 2 is 2.14 bits per heavy atom. The number of anilines is 1. The predicted octanol–water partition coefficient (Wildman–Crippen LogP) is 1.52. The second-order valence-electron chi connectivity index (χ2n) is 4.40. The molecule has 0 radical (unpaired) electrons. The van der Waals surface area contributed by atoms with E-state index in [0.717, 1.165) is 5.56 Å². The highest BCUT2D eigenvalue weighted by atomic mass is 16.1. The molecular weight excluding hydrogens is 268 g/mol. The molecule has 104 valence electrons. The van der Waals surface area contributed by atoms with Crippen LogP contribution < -0.4 is 5.32 Å². The molecule has 3 aromatic rings. The van der Waals surface area contributed by atoms with Gasteiger partial charge in [0.15, 0.2) is 5.82 Å². The van der Waals surface area contributed by atoms with Gasteiger partial charge in [0.25, 0.3) is 5.91 Å². The molecule has 7 nitrogen and oxygen atoms in total. The zero-order valence-corrected chi connectivity index (χ0v) is 11.3. The molecule has 0 aliphatic carbocycles. The quantitative estimate of drug-likeness (QED) is 0.786. The lowest BCUT2D eigenvalue weighted by molar-refractivity contribution is 0.102. The summed E-state index contributed by atoms with van der Waals surface area (Å²) in [6.45, 7) is 0. The van der Waals surface area contributed by atoms with Crippen LogP contribution in [0.4, 0.5) is 5.69 Å². The van der Waals surface area contributed by atoms with Crippen LogP contribution in [0.3, 0.4) is 0 Å². The Morgan fingerprint density at radius 1 is 1.24 bits per heavy atom. The molecule has 2 heterocycles. The Kier molecular flexibility index (Phi) is 3.38. The smallest absolute Gasteiger partial charge is 0.257 e. The number of hydrogen-bond acceptors (Lipinski definition) is 5. The highest BCUT2D eigenvalue weighted by Gasteiger charge is 2.09. The van der Waals surface area contributed by atoms with Gasteiger partial charge in [-0.15, -0.1) is 5.10 Å². The van der Waals surface area contributed by atoms with E-state index in [1.54, 1.807) is 30.1 Å². The van der Waals surface area contributed by atoms with Crippen molar-refractivity contribution in [2.45, 2.75) is 0 Å². The fourth-order valence-corrected chi connectivity index (χ4v) is 1.91. The van der Waals surface area contributed by atoms with E-state index >= 15 is 0 Å². The van der Waals surface area contributed by atoms with Gasteiger partial charge in [-0.3, -0.25) is 9.78 Å². The van der Waals surface area contributed by atoms with E-state index in [4.69, 9.17) is 0 Å². The van der Waals surface area contributed by atoms with Crippen LogP contribution in [0.1, 0.15) is 10.4 Å². The molecular formula is C14H12N6O. The van der Waals surface area contributed by atoms with Crippen LogP contribution in [0.2, 0.25) is 0 Å². The first kappa shape index (κ1) is 12.9. The number of carbonyl (C=O) groups excluding carboxylic acids is 1. The van der Waals surface area contributed by atoms with Gasteiger partial charge in [-0.05, 0) is 34.7 Å². The van der Waals surface area contributed by atoms with Gasteiger partial charge in [-0.1, -0.05) is 12.1 Å². The maximum atomic E-state index is 12.1. The Labute approximate surface area is 120 Å². The maximum absolute atomic E-state index is 12.1. The number of hydrogen-bond donors (Lipinski definition) is 1. The fourth-order valence-electron chi connectivity index (χ4n) is 1.91. The average Bonchev–Trinajstić information content (AvgIpc) is 2.94. The molecule has 0 saturated carbocycles. The molecule has 0 atom stereocenters. The van der Waals surface area contributed by atoms with Gasteiger partial charge in [-0.2, -0.15) is 0 Å². The molecule has 7 heteroatoms. The standard InChI is InChI=1S/C14H12N6O/c1-20-13(17-18-19-20)10-4-2-6-12(8-10)16-14(21)11-5-3-7-15-9-11/h2-9H,1H3,(H,16,21). The van der Waals surface area contributed by atoms with Crippen LogP contribution in [0.15, 0.2) is 48.8 Å². The first-order chi connectivity index (χ1) is 10.2. The predicted molar refractivity (Wildman–Crippen MR) is 76.4 cm³/mol. The second kappa shape index (κ2) is 5.49. The lowest BCUT2D eigenvalue weighted by atomic mass is 10.2. The fraction of sp³-hybridized carbons (Fsp3) is 0.0714. The maximum Gasteiger partial charge on any atom is 0.257 e. The number of aromatic nitrogens is 5. The van der Waals surface area contributed by atoms with Crippen LogP contribution in [-0.2, 0) is 7.05 Å². The summed E-state index contributed by atoms with van der Waals surface area (Å²) >= 11 is 0. The molecule has 0 aliphatic rings. The summed E-state index contributed by atoms with van der Waals surface area (Å²) in [4.78, 5) is 16.0. The van der Waals surface area contributed by atoms with Gasteiger partial charge in [0.1, 0.15) is 0 Å². The Morgan fingerprint density at radius 3 is 2.86 bits per heavy atom. The van der Waals surface area contributed by atoms with Crippen molar-refractivity contribution in [1.82, 2.24) is 25.2 Å². The van der Waals surface area contributed by atoms with Gasteiger partial charge in [0, 0.05) is 30.7 Å². The lowest BCUT2D eigenvalue weighted by Crippen LogP contribution is -2.12. The zero-order valence-electron chi connectivity index (χ0n) is 11.3. The largest absolute Gasteiger partial charge is 0.322 e. The summed E-state index contributed by atoms with van der Waals surface area (Å²) in [5.41, 5.74) is 2.00. The van der Waals surface area contributed by atoms with Crippen LogP contribution in [0, 0.1) is 0 Å². The number of nitrogens with zero attached hydrogens (tertiary/aromatic N) is 5. The SMILES string of the molecule is Cn1nnnc1-c1cccc(NC(=O)c2cccnc2)c1. The number of tetrazole rings is 1. The summed E-state index contributed by atoms with van der Waals surface area (Å²) in [5, 5.41) is 14.2. The number of pyridine rings is 1. The topological polar surface area (TPSA) is 85.6 Å². The molecule has 3 rings (SSSR count). The molecule has 0 unspecified atom stereocenters. The Hall–Kier alpha value is -3.09. The molecule has 1 amide bonds. The molecule has 21 heavy (non-hydrogen) atoms. The molecule has 2 aromatic heterocycles. The van der Waals surface area contributed by atoms with Crippen molar-refractivity contribution in [2.24, 2.45) is 7.05 Å². The van der Waals surface area contributed by atoms with Gasteiger partial charge < -0.3 is 5.32 Å². The minimum atomic E-state index is -0.212. The monoisotopic (exact) mass is 280 g/mol. The van der Waals surface area contributed by atoms with Crippen LogP contribution in [-0.4, -0.2) is 31.1 Å². The van der Waals surface area contributed by atoms with Gasteiger partial charge >= 0.3 is 0 Å². The molecule has 0 spiro atoms. The summed E-state index contributed by atoms with van der Waals surface area (Å²) in [7, 11) is 1.76. The zero-order chi connectivity index (χ0) is 14.7. The van der Waals surface area contributed by atoms with Crippen molar-refractivity contribution in [3.8, 4) is 11.4 Å². The van der Waals surface area contributed by atoms with E-state index < -0.39 is 0 Å². The van der Waals surface area contributed by atoms with Crippen molar-refractivity contribution >= 4 is 11.6 Å². The number of aryl methyl sites for hydroxylation is 1. The Bertz CT molecular complexity index is 768. The van der Waals surface area contributed by atoms with Crippen LogP contribution in [0.25, 0.3) is 11.4 Å². The minimum absolute atomic E-state index is 0.212. The van der Waals surface area contributed by atoms with Crippen LogP contribution in [0.5, 0.6) is 0 Å². The molecule has 1 aromatic carbocycles. The Balaban J connectivity index is 1.84. The first-order valence-corrected chi connectivity index (χ1v) is 6.28. The van der Waals surface area contributed by atoms with Crippen molar-refractivity contribution in [3.05, 3.63) is 54.4 Å². The van der Waals surface area contributed by atoms with E-state index in [9.17, 15) is 4.79 Å². The van der Waals surface area contributed by atoms with Crippen molar-refractivity contribution in [2.75, 3.05) is 5.32 Å². The number of amides is 1. The van der Waals surface area contributed by atoms with Crippen LogP contribution >= 0.6 is 0 Å². The summed E-state index contributed by atoms with van der Waals surface area (Å²) in [6, 6.07) is 10.8. The van der Waals surface area contributed by atoms with Crippen molar-refractivity contribution in [3.63, 3.8) is 0 Å². The number of nitrogens with one attached hydrogen (secondary N) is 1. The van der Waals surface area contributed by atoms with Gasteiger partial charge in [-0.25, -0.2) is 4.68 Å². The molecule has 0 fully saturated rings. The van der Waals surface area contributed by atoms with E-state index in [2.05, 4.69) is 25.8 Å². The molecule has 0 aliphatic heterocycles. The van der Waals surface area contributed by atoms with Gasteiger partial charge in [0.2, 0.25) is 0 Å². The first-order valence-electron chi connectivity index (χ1n) is 6.28. The summed E-state index contributed by atoms with van der Waals surface area (Å²) in [5.74, 6) is 0.420. The average molecular weight is 280 g/mol. The minimum Gasteiger partial charge on any atom is -0.322 e. The molecule has 0 bridgehead atoms. The molecule has 0 saturated heterocycles. The third-order valence-electron chi connectivity index (χ3n) is 2.92. The summed E-state index contributed by atoms with van der Waals surface area (Å²) in [6.07, 6.45) is 3.14. The number of benzene rings is 1. The van der Waals surface area contributed by atoms with E-state index in [1.165, 1.54) is 6.20 Å². The molecule has 1 N–H and O–H groups in total. The third kappa shape index (κ3) is 2.76. The highest BCUT2D eigenvalue weighted by Crippen LogP contribution is 2.19. The second-order valence-corrected chi connectivity index (χ2v) is 4.40. The summed E-state index contributed by atoms with van der Waals surface area (Å²) < 4.78 is 1.57. The normalized spacial score (nSPS) is 10.3. The number of rotatable bonds is 3.